The maximum Gasteiger partial charge on any atom is 0.338 e. The zero-order chi connectivity index (χ0) is 20.9. The number of anilines is 2. The number of ether oxygens (including phenoxy) is 2. The van der Waals surface area contributed by atoms with Gasteiger partial charge < -0.3 is 19.7 Å². The van der Waals surface area contributed by atoms with E-state index in [0.29, 0.717) is 11.3 Å². The Bertz CT molecular complexity index is 904. The van der Waals surface area contributed by atoms with Crippen LogP contribution in [-0.2, 0) is 27.1 Å². The molecule has 0 spiro atoms. The van der Waals surface area contributed by atoms with Crippen LogP contribution in [0.1, 0.15) is 41.3 Å². The first kappa shape index (κ1) is 20.4. The summed E-state index contributed by atoms with van der Waals surface area (Å²) in [6, 6.07) is 13.4. The number of aryl methyl sites for hydroxylation is 2. The molecule has 2 aromatic rings. The van der Waals surface area contributed by atoms with Gasteiger partial charge in [0, 0.05) is 24.5 Å². The van der Waals surface area contributed by atoms with Crippen LogP contribution in [0, 0.1) is 0 Å². The second kappa shape index (κ2) is 9.30. The first-order valence-corrected chi connectivity index (χ1v) is 10.7. The van der Waals surface area contributed by atoms with Gasteiger partial charge in [-0.2, -0.15) is 0 Å². The minimum Gasteiger partial charge on any atom is -0.449 e. The van der Waals surface area contributed by atoms with Crippen molar-refractivity contribution in [3.05, 3.63) is 59.2 Å². The number of rotatable bonds is 5. The van der Waals surface area contributed by atoms with E-state index in [4.69, 9.17) is 9.47 Å². The molecule has 30 heavy (non-hydrogen) atoms. The number of carbonyl (C=O) groups excluding carboxylic acids is 2. The van der Waals surface area contributed by atoms with Gasteiger partial charge in [0.1, 0.15) is 0 Å². The molecule has 158 valence electrons. The summed E-state index contributed by atoms with van der Waals surface area (Å²) in [6.07, 6.45) is 3.52. The number of amides is 1. The van der Waals surface area contributed by atoms with Crippen LogP contribution >= 0.6 is 0 Å². The molecule has 0 aromatic heterocycles. The predicted molar refractivity (Wildman–Crippen MR) is 116 cm³/mol. The molecule has 1 fully saturated rings. The van der Waals surface area contributed by atoms with E-state index in [-0.39, 0.29) is 5.91 Å². The number of carbonyl (C=O) groups is 2. The van der Waals surface area contributed by atoms with Crippen LogP contribution in [0.25, 0.3) is 0 Å². The molecule has 0 unspecified atom stereocenters. The number of hydrogen-bond donors (Lipinski definition) is 1. The molecule has 1 amide bonds. The first-order chi connectivity index (χ1) is 14.6. The van der Waals surface area contributed by atoms with Gasteiger partial charge in [-0.05, 0) is 80.1 Å². The quantitative estimate of drug-likeness (QED) is 0.766. The average molecular weight is 408 g/mol. The van der Waals surface area contributed by atoms with E-state index in [2.05, 4.69) is 10.2 Å². The summed E-state index contributed by atoms with van der Waals surface area (Å²) in [6.45, 7) is 4.77. The van der Waals surface area contributed by atoms with Crippen molar-refractivity contribution in [2.45, 2.75) is 38.7 Å². The number of hydrogen-bond acceptors (Lipinski definition) is 5. The van der Waals surface area contributed by atoms with Gasteiger partial charge >= 0.3 is 5.97 Å². The van der Waals surface area contributed by atoms with Crippen molar-refractivity contribution in [2.75, 3.05) is 36.5 Å². The number of nitrogens with one attached hydrogen (secondary N) is 1. The van der Waals surface area contributed by atoms with Gasteiger partial charge in [-0.25, -0.2) is 4.79 Å². The van der Waals surface area contributed by atoms with Gasteiger partial charge in [0.05, 0.1) is 18.8 Å². The van der Waals surface area contributed by atoms with Crippen LogP contribution in [0.3, 0.4) is 0 Å². The number of morpholine rings is 1. The molecule has 6 nitrogen and oxygen atoms in total. The summed E-state index contributed by atoms with van der Waals surface area (Å²) in [5.41, 5.74) is 4.80. The number of fused-ring (bicyclic) bond motifs is 1. The van der Waals surface area contributed by atoms with Crippen molar-refractivity contribution in [1.29, 1.82) is 0 Å². The zero-order valence-corrected chi connectivity index (χ0v) is 17.4. The maximum absolute atomic E-state index is 12.5. The van der Waals surface area contributed by atoms with Crippen molar-refractivity contribution < 1.29 is 19.1 Å². The molecule has 1 N–H and O–H groups in total. The van der Waals surface area contributed by atoms with Crippen molar-refractivity contribution in [1.82, 2.24) is 0 Å². The molecule has 1 aliphatic carbocycles. The van der Waals surface area contributed by atoms with Crippen LogP contribution in [0.5, 0.6) is 0 Å². The molecule has 2 aliphatic rings. The third kappa shape index (κ3) is 4.82. The highest BCUT2D eigenvalue weighted by Crippen LogP contribution is 2.23. The monoisotopic (exact) mass is 408 g/mol. The molecule has 6 heteroatoms. The molecule has 1 aliphatic heterocycles. The molecule has 1 saturated heterocycles. The normalized spacial score (nSPS) is 17.0. The van der Waals surface area contributed by atoms with Crippen molar-refractivity contribution in [3.63, 3.8) is 0 Å². The Morgan fingerprint density at radius 2 is 1.70 bits per heavy atom. The standard InChI is InChI=1S/C24H28N2O4/c1-17(30-24(28)20-7-6-18-4-2-3-5-19(18)16-20)23(27)25-21-8-10-22(11-9-21)26-12-14-29-15-13-26/h6-11,16-17H,2-5,12-15H2,1H3,(H,25,27)/t17-/m1/s1. The van der Waals surface area contributed by atoms with Gasteiger partial charge in [-0.1, -0.05) is 6.07 Å². The molecule has 2 aromatic carbocycles. The summed E-state index contributed by atoms with van der Waals surface area (Å²) >= 11 is 0. The van der Waals surface area contributed by atoms with Crippen LogP contribution in [-0.4, -0.2) is 44.3 Å². The number of benzene rings is 2. The van der Waals surface area contributed by atoms with Crippen LogP contribution in [0.4, 0.5) is 11.4 Å². The Balaban J connectivity index is 1.32. The third-order valence-corrected chi connectivity index (χ3v) is 5.75. The fourth-order valence-corrected chi connectivity index (χ4v) is 3.96. The van der Waals surface area contributed by atoms with Gasteiger partial charge in [-0.15, -0.1) is 0 Å². The van der Waals surface area contributed by atoms with Crippen LogP contribution in [0.15, 0.2) is 42.5 Å². The molecule has 1 heterocycles. The maximum atomic E-state index is 12.5. The van der Waals surface area contributed by atoms with Crippen LogP contribution in [0.2, 0.25) is 0 Å². The summed E-state index contributed by atoms with van der Waals surface area (Å²) in [7, 11) is 0. The van der Waals surface area contributed by atoms with Crippen LogP contribution < -0.4 is 10.2 Å². The largest absolute Gasteiger partial charge is 0.449 e. The minimum atomic E-state index is -0.882. The van der Waals surface area contributed by atoms with E-state index in [1.54, 1.807) is 13.0 Å². The Morgan fingerprint density at radius 1 is 1.00 bits per heavy atom. The van der Waals surface area contributed by atoms with Gasteiger partial charge in [0.15, 0.2) is 6.10 Å². The number of nitrogens with zero attached hydrogens (tertiary/aromatic N) is 1. The second-order valence-electron chi connectivity index (χ2n) is 7.87. The average Bonchev–Trinajstić information content (AvgIpc) is 2.79. The lowest BCUT2D eigenvalue weighted by molar-refractivity contribution is -0.123. The Labute approximate surface area is 177 Å². The summed E-state index contributed by atoms with van der Waals surface area (Å²) < 4.78 is 10.8. The highest BCUT2D eigenvalue weighted by Gasteiger charge is 2.20. The van der Waals surface area contributed by atoms with E-state index in [1.807, 2.05) is 36.4 Å². The fourth-order valence-electron chi connectivity index (χ4n) is 3.96. The fraction of sp³-hybridized carbons (Fsp3) is 0.417. The van der Waals surface area contributed by atoms with E-state index in [1.165, 1.54) is 17.5 Å². The third-order valence-electron chi connectivity index (χ3n) is 5.75. The molecular formula is C24H28N2O4. The first-order valence-electron chi connectivity index (χ1n) is 10.7. The summed E-state index contributed by atoms with van der Waals surface area (Å²) in [5, 5.41) is 2.82. The van der Waals surface area contributed by atoms with E-state index in [9.17, 15) is 9.59 Å². The SMILES string of the molecule is C[C@@H](OC(=O)c1ccc2c(c1)CCCC2)C(=O)Nc1ccc(N2CCOCC2)cc1. The van der Waals surface area contributed by atoms with Crippen molar-refractivity contribution in [2.24, 2.45) is 0 Å². The highest BCUT2D eigenvalue weighted by atomic mass is 16.5. The van der Waals surface area contributed by atoms with Crippen molar-refractivity contribution in [3.8, 4) is 0 Å². The Kier molecular flexibility index (Phi) is 6.33. The minimum absolute atomic E-state index is 0.347. The smallest absolute Gasteiger partial charge is 0.338 e. The summed E-state index contributed by atoms with van der Waals surface area (Å²) in [4.78, 5) is 27.2. The van der Waals surface area contributed by atoms with Gasteiger partial charge in [0.25, 0.3) is 5.91 Å². The highest BCUT2D eigenvalue weighted by molar-refractivity contribution is 5.97. The van der Waals surface area contributed by atoms with Gasteiger partial charge in [-0.3, -0.25) is 4.79 Å². The Hall–Kier alpha value is -2.86. The summed E-state index contributed by atoms with van der Waals surface area (Å²) in [5.74, 6) is -0.811. The van der Waals surface area contributed by atoms with E-state index < -0.39 is 12.1 Å². The van der Waals surface area contributed by atoms with E-state index in [0.717, 1.165) is 51.3 Å². The molecule has 0 bridgehead atoms. The molecule has 1 atom stereocenters. The molecule has 0 radical (unpaired) electrons. The lowest BCUT2D eigenvalue weighted by Crippen LogP contribution is -2.36. The second-order valence-corrected chi connectivity index (χ2v) is 7.87. The molecule has 0 saturated carbocycles. The molecule has 4 rings (SSSR count). The topological polar surface area (TPSA) is 67.9 Å². The molecular weight excluding hydrogens is 380 g/mol. The van der Waals surface area contributed by atoms with E-state index >= 15 is 0 Å². The predicted octanol–water partition coefficient (Wildman–Crippen LogP) is 3.59. The van der Waals surface area contributed by atoms with Gasteiger partial charge in [0.2, 0.25) is 0 Å². The number of esters is 1. The lowest BCUT2D eigenvalue weighted by atomic mass is 9.90. The lowest BCUT2D eigenvalue weighted by Gasteiger charge is -2.28. The zero-order valence-electron chi connectivity index (χ0n) is 17.4. The Morgan fingerprint density at radius 3 is 2.43 bits per heavy atom. The van der Waals surface area contributed by atoms with Crippen molar-refractivity contribution >= 4 is 23.3 Å².